The molecule has 0 unspecified atom stereocenters. The lowest BCUT2D eigenvalue weighted by Gasteiger charge is -2.12. The van der Waals surface area contributed by atoms with Crippen LogP contribution in [0.25, 0.3) is 0 Å². The molecular formula is C18H17BrN4. The second kappa shape index (κ2) is 6.79. The van der Waals surface area contributed by atoms with Crippen molar-refractivity contribution in [2.24, 2.45) is 0 Å². The molecule has 23 heavy (non-hydrogen) atoms. The number of rotatable bonds is 4. The Morgan fingerprint density at radius 2 is 1.39 bits per heavy atom. The number of hydrogen-bond acceptors (Lipinski definition) is 4. The van der Waals surface area contributed by atoms with Gasteiger partial charge < -0.3 is 10.6 Å². The van der Waals surface area contributed by atoms with Crippen LogP contribution in [0, 0.1) is 13.8 Å². The zero-order valence-electron chi connectivity index (χ0n) is 13.0. The van der Waals surface area contributed by atoms with Gasteiger partial charge in [-0.1, -0.05) is 36.4 Å². The molecule has 0 bridgehead atoms. The molecule has 0 aliphatic carbocycles. The molecule has 3 aromatic rings. The molecule has 0 fully saturated rings. The number of nitrogens with one attached hydrogen (secondary N) is 2. The Balaban J connectivity index is 1.88. The van der Waals surface area contributed by atoms with Crippen molar-refractivity contribution in [3.8, 4) is 0 Å². The molecule has 1 heterocycles. The van der Waals surface area contributed by atoms with E-state index in [0.29, 0.717) is 5.95 Å². The van der Waals surface area contributed by atoms with Gasteiger partial charge in [0.25, 0.3) is 0 Å². The molecule has 1 aromatic heterocycles. The van der Waals surface area contributed by atoms with Gasteiger partial charge in [-0.2, -0.15) is 4.98 Å². The van der Waals surface area contributed by atoms with Gasteiger partial charge in [0.1, 0.15) is 5.82 Å². The third-order valence-corrected chi connectivity index (χ3v) is 4.11. The molecule has 0 aliphatic rings. The van der Waals surface area contributed by atoms with E-state index in [2.05, 4.69) is 49.5 Å². The van der Waals surface area contributed by atoms with E-state index in [9.17, 15) is 0 Å². The lowest BCUT2D eigenvalue weighted by Crippen LogP contribution is -2.03. The van der Waals surface area contributed by atoms with Crippen molar-refractivity contribution in [3.05, 3.63) is 70.3 Å². The number of nitrogens with zero attached hydrogens (tertiary/aromatic N) is 2. The van der Waals surface area contributed by atoms with E-state index >= 15 is 0 Å². The molecule has 0 radical (unpaired) electrons. The number of anilines is 4. The summed E-state index contributed by atoms with van der Waals surface area (Å²) in [6, 6.07) is 16.2. The number of aromatic nitrogens is 2. The highest BCUT2D eigenvalue weighted by Gasteiger charge is 2.08. The lowest BCUT2D eigenvalue weighted by molar-refractivity contribution is 1.15. The van der Waals surface area contributed by atoms with Crippen molar-refractivity contribution in [1.29, 1.82) is 0 Å². The molecule has 0 aliphatic heterocycles. The predicted octanol–water partition coefficient (Wildman–Crippen LogP) is 5.34. The summed E-state index contributed by atoms with van der Waals surface area (Å²) >= 11 is 3.50. The van der Waals surface area contributed by atoms with Gasteiger partial charge >= 0.3 is 0 Å². The second-order valence-electron chi connectivity index (χ2n) is 5.27. The maximum Gasteiger partial charge on any atom is 0.229 e. The Bertz CT molecular complexity index is 833. The van der Waals surface area contributed by atoms with Crippen molar-refractivity contribution < 1.29 is 0 Å². The van der Waals surface area contributed by atoms with Gasteiger partial charge in [0.05, 0.1) is 4.47 Å². The first-order valence-corrected chi connectivity index (χ1v) is 8.10. The fourth-order valence-electron chi connectivity index (χ4n) is 2.19. The second-order valence-corrected chi connectivity index (χ2v) is 6.12. The molecule has 0 saturated carbocycles. The van der Waals surface area contributed by atoms with E-state index in [-0.39, 0.29) is 0 Å². The fourth-order valence-corrected chi connectivity index (χ4v) is 2.48. The molecule has 0 amide bonds. The first-order chi connectivity index (χ1) is 11.1. The van der Waals surface area contributed by atoms with Gasteiger partial charge in [-0.3, -0.25) is 0 Å². The first-order valence-electron chi connectivity index (χ1n) is 7.31. The van der Waals surface area contributed by atoms with E-state index in [0.717, 1.165) is 32.8 Å². The monoisotopic (exact) mass is 368 g/mol. The van der Waals surface area contributed by atoms with Crippen molar-refractivity contribution in [3.63, 3.8) is 0 Å². The van der Waals surface area contributed by atoms with Crippen LogP contribution >= 0.6 is 15.9 Å². The maximum atomic E-state index is 4.56. The standard InChI is InChI=1S/C18H17BrN4/c1-12-7-3-5-9-15(12)21-17-14(19)11-20-18(23-17)22-16-10-6-4-8-13(16)2/h3-11H,1-2H3,(H2,20,21,22,23). The van der Waals surface area contributed by atoms with Gasteiger partial charge in [0, 0.05) is 17.6 Å². The van der Waals surface area contributed by atoms with Gasteiger partial charge in [-0.05, 0) is 53.0 Å². The Hall–Kier alpha value is -2.40. The summed E-state index contributed by atoms with van der Waals surface area (Å²) in [5, 5.41) is 6.60. The number of benzene rings is 2. The highest BCUT2D eigenvalue weighted by atomic mass is 79.9. The van der Waals surface area contributed by atoms with E-state index < -0.39 is 0 Å². The Labute approximate surface area is 144 Å². The quantitative estimate of drug-likeness (QED) is 0.652. The van der Waals surface area contributed by atoms with Crippen LogP contribution < -0.4 is 10.6 Å². The third kappa shape index (κ3) is 3.68. The van der Waals surface area contributed by atoms with Crippen LogP contribution in [-0.2, 0) is 0 Å². The zero-order valence-corrected chi connectivity index (χ0v) is 14.6. The molecular weight excluding hydrogens is 352 g/mol. The minimum Gasteiger partial charge on any atom is -0.339 e. The highest BCUT2D eigenvalue weighted by molar-refractivity contribution is 9.10. The van der Waals surface area contributed by atoms with Gasteiger partial charge in [-0.15, -0.1) is 0 Å². The summed E-state index contributed by atoms with van der Waals surface area (Å²) in [4.78, 5) is 8.90. The Morgan fingerprint density at radius 3 is 2.00 bits per heavy atom. The molecule has 3 rings (SSSR count). The van der Waals surface area contributed by atoms with E-state index in [1.165, 1.54) is 0 Å². The van der Waals surface area contributed by atoms with Gasteiger partial charge in [0.15, 0.2) is 0 Å². The normalized spacial score (nSPS) is 10.4. The molecule has 0 atom stereocenters. The van der Waals surface area contributed by atoms with Gasteiger partial charge in [0.2, 0.25) is 5.95 Å². The summed E-state index contributed by atoms with van der Waals surface area (Å²) < 4.78 is 0.816. The Kier molecular flexibility index (Phi) is 4.57. The maximum absolute atomic E-state index is 4.56. The average molecular weight is 369 g/mol. The summed E-state index contributed by atoms with van der Waals surface area (Å²) in [5.74, 6) is 1.28. The summed E-state index contributed by atoms with van der Waals surface area (Å²) in [6.45, 7) is 4.11. The van der Waals surface area contributed by atoms with E-state index in [1.54, 1.807) is 6.20 Å². The SMILES string of the molecule is Cc1ccccc1Nc1ncc(Br)c(Nc2ccccc2C)n1. The number of para-hydroxylation sites is 2. The van der Waals surface area contributed by atoms with Crippen molar-refractivity contribution in [2.75, 3.05) is 10.6 Å². The minimum atomic E-state index is 0.554. The van der Waals surface area contributed by atoms with E-state index in [1.807, 2.05) is 49.4 Å². The largest absolute Gasteiger partial charge is 0.339 e. The van der Waals surface area contributed by atoms with Crippen molar-refractivity contribution in [1.82, 2.24) is 9.97 Å². The molecule has 116 valence electrons. The third-order valence-electron chi connectivity index (χ3n) is 3.53. The average Bonchev–Trinajstić information content (AvgIpc) is 2.55. The highest BCUT2D eigenvalue weighted by Crippen LogP contribution is 2.27. The van der Waals surface area contributed by atoms with E-state index in [4.69, 9.17) is 0 Å². The van der Waals surface area contributed by atoms with Crippen LogP contribution in [-0.4, -0.2) is 9.97 Å². The summed E-state index contributed by atoms with van der Waals surface area (Å²) in [5.41, 5.74) is 4.32. The minimum absolute atomic E-state index is 0.554. The molecule has 4 nitrogen and oxygen atoms in total. The van der Waals surface area contributed by atoms with Crippen LogP contribution in [0.2, 0.25) is 0 Å². The lowest BCUT2D eigenvalue weighted by atomic mass is 10.2. The molecule has 2 N–H and O–H groups in total. The number of halogens is 1. The molecule has 2 aromatic carbocycles. The number of aryl methyl sites for hydroxylation is 2. The topological polar surface area (TPSA) is 49.8 Å². The molecule has 5 heteroatoms. The van der Waals surface area contributed by atoms with Crippen LogP contribution in [0.5, 0.6) is 0 Å². The first kappa shape index (κ1) is 15.5. The zero-order chi connectivity index (χ0) is 16.2. The predicted molar refractivity (Wildman–Crippen MR) is 98.7 cm³/mol. The van der Waals surface area contributed by atoms with Crippen molar-refractivity contribution in [2.45, 2.75) is 13.8 Å². The summed E-state index contributed by atoms with van der Waals surface area (Å²) in [7, 11) is 0. The van der Waals surface area contributed by atoms with Crippen LogP contribution in [0.1, 0.15) is 11.1 Å². The van der Waals surface area contributed by atoms with Crippen LogP contribution in [0.3, 0.4) is 0 Å². The van der Waals surface area contributed by atoms with Crippen LogP contribution in [0.15, 0.2) is 59.2 Å². The fraction of sp³-hybridized carbons (Fsp3) is 0.111. The molecule has 0 saturated heterocycles. The van der Waals surface area contributed by atoms with Crippen molar-refractivity contribution >= 4 is 39.1 Å². The molecule has 0 spiro atoms. The smallest absolute Gasteiger partial charge is 0.229 e. The van der Waals surface area contributed by atoms with Gasteiger partial charge in [-0.25, -0.2) is 4.98 Å². The van der Waals surface area contributed by atoms with Crippen LogP contribution in [0.4, 0.5) is 23.1 Å². The number of hydrogen-bond donors (Lipinski definition) is 2. The summed E-state index contributed by atoms with van der Waals surface area (Å²) in [6.07, 6.45) is 1.74. The Morgan fingerprint density at radius 1 is 0.826 bits per heavy atom.